The summed E-state index contributed by atoms with van der Waals surface area (Å²) in [4.78, 5) is 26.1. The summed E-state index contributed by atoms with van der Waals surface area (Å²) in [6.45, 7) is 1.18. The Kier molecular flexibility index (Phi) is 4.91. The van der Waals surface area contributed by atoms with Gasteiger partial charge in [-0.25, -0.2) is 0 Å². The Morgan fingerprint density at radius 2 is 1.54 bits per heavy atom. The number of carbonyl (C=O) groups is 2. The predicted octanol–water partition coefficient (Wildman–Crippen LogP) is 1.70. The third-order valence-corrected chi connectivity index (χ3v) is 4.30. The second-order valence-corrected chi connectivity index (χ2v) is 5.88. The number of carboxylic acids is 1. The highest BCUT2D eigenvalue weighted by molar-refractivity contribution is 5.88. The van der Waals surface area contributed by atoms with Crippen LogP contribution < -0.4 is 5.32 Å². The molecule has 5 heteroatoms. The summed E-state index contributed by atoms with van der Waals surface area (Å²) in [6.07, 6.45) is 0. The van der Waals surface area contributed by atoms with Crippen LogP contribution >= 0.6 is 0 Å². The fourth-order valence-corrected chi connectivity index (χ4v) is 3.07. The van der Waals surface area contributed by atoms with E-state index < -0.39 is 17.9 Å². The minimum Gasteiger partial charge on any atom is -0.480 e. The van der Waals surface area contributed by atoms with Gasteiger partial charge in [-0.05, 0) is 11.1 Å². The van der Waals surface area contributed by atoms with E-state index in [1.165, 1.54) is 0 Å². The van der Waals surface area contributed by atoms with Crippen LogP contribution in [0.25, 0.3) is 0 Å². The van der Waals surface area contributed by atoms with Crippen molar-refractivity contribution in [2.24, 2.45) is 0 Å². The van der Waals surface area contributed by atoms with Crippen molar-refractivity contribution in [2.45, 2.75) is 12.0 Å². The fourth-order valence-electron chi connectivity index (χ4n) is 3.07. The molecular formula is C19H20N2O3. The van der Waals surface area contributed by atoms with Gasteiger partial charge in [0.15, 0.2) is 0 Å². The average molecular weight is 324 g/mol. The van der Waals surface area contributed by atoms with E-state index in [1.807, 2.05) is 60.7 Å². The van der Waals surface area contributed by atoms with Gasteiger partial charge in [-0.2, -0.15) is 0 Å². The molecule has 1 amide bonds. The van der Waals surface area contributed by atoms with Crippen molar-refractivity contribution in [1.82, 2.24) is 10.2 Å². The van der Waals surface area contributed by atoms with E-state index in [9.17, 15) is 14.7 Å². The van der Waals surface area contributed by atoms with Gasteiger partial charge in [-0.15, -0.1) is 0 Å². The average Bonchev–Trinajstić information content (AvgIpc) is 2.64. The second-order valence-electron chi connectivity index (χ2n) is 5.88. The molecule has 1 heterocycles. The van der Waals surface area contributed by atoms with Crippen molar-refractivity contribution in [3.63, 3.8) is 0 Å². The van der Waals surface area contributed by atoms with Crippen molar-refractivity contribution in [2.75, 3.05) is 19.6 Å². The van der Waals surface area contributed by atoms with Gasteiger partial charge in [0.05, 0.1) is 5.92 Å². The summed E-state index contributed by atoms with van der Waals surface area (Å²) < 4.78 is 0. The number of nitrogens with one attached hydrogen (secondary N) is 1. The van der Waals surface area contributed by atoms with Gasteiger partial charge in [0, 0.05) is 19.6 Å². The summed E-state index contributed by atoms with van der Waals surface area (Å²) in [5, 5.41) is 12.1. The smallest absolute Gasteiger partial charge is 0.322 e. The quantitative estimate of drug-likeness (QED) is 0.898. The van der Waals surface area contributed by atoms with Gasteiger partial charge in [0.1, 0.15) is 6.04 Å². The molecule has 1 aliphatic heterocycles. The highest BCUT2D eigenvalue weighted by Gasteiger charge is 2.32. The Labute approximate surface area is 140 Å². The molecule has 3 rings (SSSR count). The first kappa shape index (κ1) is 16.2. The molecule has 0 bridgehead atoms. The van der Waals surface area contributed by atoms with Crippen LogP contribution in [-0.2, 0) is 9.59 Å². The van der Waals surface area contributed by atoms with Gasteiger partial charge < -0.3 is 15.3 Å². The monoisotopic (exact) mass is 324 g/mol. The number of carboxylic acid groups (broad SMARTS) is 1. The summed E-state index contributed by atoms with van der Waals surface area (Å²) in [5.74, 6) is -1.40. The maximum absolute atomic E-state index is 13.2. The zero-order valence-corrected chi connectivity index (χ0v) is 13.3. The van der Waals surface area contributed by atoms with Crippen LogP contribution in [-0.4, -0.2) is 47.6 Å². The van der Waals surface area contributed by atoms with Crippen LogP contribution in [0, 0.1) is 0 Å². The van der Waals surface area contributed by atoms with Crippen molar-refractivity contribution in [3.05, 3.63) is 71.8 Å². The number of aliphatic carboxylic acids is 1. The zero-order valence-electron chi connectivity index (χ0n) is 13.3. The maximum Gasteiger partial charge on any atom is 0.322 e. The standard InChI is InChI=1S/C19H20N2O3/c22-18(21-12-11-20-16(13-21)19(23)24)17(14-7-3-1-4-8-14)15-9-5-2-6-10-15/h1-10,16-17,20H,11-13H2,(H,23,24)/t16-/m1/s1. The molecule has 0 aromatic heterocycles. The Hall–Kier alpha value is -2.66. The number of amides is 1. The Morgan fingerprint density at radius 1 is 1.00 bits per heavy atom. The van der Waals surface area contributed by atoms with Crippen LogP contribution in [0.2, 0.25) is 0 Å². The Morgan fingerprint density at radius 3 is 2.04 bits per heavy atom. The summed E-state index contributed by atoms with van der Waals surface area (Å²) in [5.41, 5.74) is 1.83. The number of benzene rings is 2. The minimum atomic E-state index is -0.927. The van der Waals surface area contributed by atoms with Crippen molar-refractivity contribution < 1.29 is 14.7 Å². The minimum absolute atomic E-state index is 0.0554. The lowest BCUT2D eigenvalue weighted by Crippen LogP contribution is -2.56. The largest absolute Gasteiger partial charge is 0.480 e. The molecule has 0 saturated carbocycles. The molecule has 5 nitrogen and oxygen atoms in total. The molecular weight excluding hydrogens is 304 g/mol. The van der Waals surface area contributed by atoms with Crippen molar-refractivity contribution in [1.29, 1.82) is 0 Å². The maximum atomic E-state index is 13.2. The Bertz CT molecular complexity index is 664. The molecule has 1 atom stereocenters. The van der Waals surface area contributed by atoms with Gasteiger partial charge in [-0.1, -0.05) is 60.7 Å². The van der Waals surface area contributed by atoms with Crippen LogP contribution in [0.15, 0.2) is 60.7 Å². The summed E-state index contributed by atoms with van der Waals surface area (Å²) in [6, 6.07) is 18.5. The highest BCUT2D eigenvalue weighted by Crippen LogP contribution is 2.27. The third kappa shape index (κ3) is 3.46. The normalized spacial score (nSPS) is 17.7. The van der Waals surface area contributed by atoms with Crippen LogP contribution in [0.3, 0.4) is 0 Å². The van der Waals surface area contributed by atoms with Gasteiger partial charge in [0.2, 0.25) is 5.91 Å². The SMILES string of the molecule is O=C(O)[C@H]1CN(C(=O)C(c2ccccc2)c2ccccc2)CCN1. The number of carbonyl (C=O) groups excluding carboxylic acids is 1. The molecule has 2 N–H and O–H groups in total. The molecule has 1 fully saturated rings. The molecule has 1 saturated heterocycles. The number of piperazine rings is 1. The van der Waals surface area contributed by atoms with Gasteiger partial charge in [0.25, 0.3) is 0 Å². The first-order valence-corrected chi connectivity index (χ1v) is 8.01. The molecule has 0 unspecified atom stereocenters. The fraction of sp³-hybridized carbons (Fsp3) is 0.263. The van der Waals surface area contributed by atoms with E-state index in [2.05, 4.69) is 5.32 Å². The van der Waals surface area contributed by atoms with E-state index in [4.69, 9.17) is 0 Å². The lowest BCUT2D eigenvalue weighted by atomic mass is 9.89. The molecule has 0 aliphatic carbocycles. The summed E-state index contributed by atoms with van der Waals surface area (Å²) in [7, 11) is 0. The first-order chi connectivity index (χ1) is 11.7. The second kappa shape index (κ2) is 7.27. The van der Waals surface area contributed by atoms with E-state index in [-0.39, 0.29) is 12.5 Å². The Balaban J connectivity index is 1.91. The van der Waals surface area contributed by atoms with E-state index in [0.29, 0.717) is 13.1 Å². The molecule has 24 heavy (non-hydrogen) atoms. The van der Waals surface area contributed by atoms with E-state index in [0.717, 1.165) is 11.1 Å². The predicted molar refractivity (Wildman–Crippen MR) is 90.7 cm³/mol. The molecule has 2 aromatic rings. The zero-order chi connectivity index (χ0) is 16.9. The van der Waals surface area contributed by atoms with Gasteiger partial charge in [-0.3, -0.25) is 9.59 Å². The van der Waals surface area contributed by atoms with Crippen molar-refractivity contribution >= 4 is 11.9 Å². The molecule has 1 aliphatic rings. The lowest BCUT2D eigenvalue weighted by Gasteiger charge is -2.34. The van der Waals surface area contributed by atoms with Crippen molar-refractivity contribution in [3.8, 4) is 0 Å². The van der Waals surface area contributed by atoms with E-state index in [1.54, 1.807) is 4.90 Å². The number of hydrogen-bond donors (Lipinski definition) is 2. The number of hydrogen-bond acceptors (Lipinski definition) is 3. The molecule has 124 valence electrons. The lowest BCUT2D eigenvalue weighted by molar-refractivity contribution is -0.142. The molecule has 0 radical (unpaired) electrons. The van der Waals surface area contributed by atoms with Crippen LogP contribution in [0.5, 0.6) is 0 Å². The first-order valence-electron chi connectivity index (χ1n) is 8.01. The topological polar surface area (TPSA) is 69.6 Å². The number of nitrogens with zero attached hydrogens (tertiary/aromatic N) is 1. The van der Waals surface area contributed by atoms with E-state index >= 15 is 0 Å². The third-order valence-electron chi connectivity index (χ3n) is 4.30. The van der Waals surface area contributed by atoms with Crippen LogP contribution in [0.4, 0.5) is 0 Å². The number of rotatable bonds is 4. The highest BCUT2D eigenvalue weighted by atomic mass is 16.4. The summed E-state index contributed by atoms with van der Waals surface area (Å²) >= 11 is 0. The molecule has 0 spiro atoms. The molecule has 2 aromatic carbocycles. The van der Waals surface area contributed by atoms with Crippen LogP contribution in [0.1, 0.15) is 17.0 Å². The van der Waals surface area contributed by atoms with Gasteiger partial charge >= 0.3 is 5.97 Å².